The average Bonchev–Trinajstić information content (AvgIpc) is 3.38. The Morgan fingerprint density at radius 1 is 1.15 bits per heavy atom. The summed E-state index contributed by atoms with van der Waals surface area (Å²) in [5.41, 5.74) is 2.05. The molecule has 8 heteroatoms. The Morgan fingerprint density at radius 3 is 2.69 bits per heavy atom. The second kappa shape index (κ2) is 6.91. The first kappa shape index (κ1) is 16.2. The Labute approximate surface area is 150 Å². The first-order valence-corrected chi connectivity index (χ1v) is 8.56. The smallest absolute Gasteiger partial charge is 0.319 e. The first-order chi connectivity index (χ1) is 12.7. The molecule has 0 bridgehead atoms. The third kappa shape index (κ3) is 3.39. The summed E-state index contributed by atoms with van der Waals surface area (Å²) in [5.74, 6) is 1.53. The van der Waals surface area contributed by atoms with Crippen molar-refractivity contribution in [2.75, 3.05) is 5.32 Å². The van der Waals surface area contributed by atoms with Crippen molar-refractivity contribution in [1.29, 1.82) is 0 Å². The molecule has 2 aromatic heterocycles. The lowest BCUT2D eigenvalue weighted by Gasteiger charge is -2.16. The Morgan fingerprint density at radius 2 is 1.92 bits per heavy atom. The summed E-state index contributed by atoms with van der Waals surface area (Å²) >= 11 is 0. The summed E-state index contributed by atoms with van der Waals surface area (Å²) in [6.07, 6.45) is 7.04. The third-order valence-electron chi connectivity index (χ3n) is 4.28. The van der Waals surface area contributed by atoms with E-state index < -0.39 is 0 Å². The Kier molecular flexibility index (Phi) is 4.30. The highest BCUT2D eigenvalue weighted by atomic mass is 16.2. The van der Waals surface area contributed by atoms with Crippen LogP contribution >= 0.6 is 0 Å². The lowest BCUT2D eigenvalue weighted by Crippen LogP contribution is -2.33. The van der Waals surface area contributed by atoms with E-state index in [0.29, 0.717) is 17.7 Å². The van der Waals surface area contributed by atoms with Crippen LogP contribution in [0.3, 0.4) is 0 Å². The van der Waals surface area contributed by atoms with Gasteiger partial charge < -0.3 is 10.6 Å². The highest BCUT2D eigenvalue weighted by Gasteiger charge is 2.26. The number of carbonyl (C=O) groups is 1. The van der Waals surface area contributed by atoms with Gasteiger partial charge in [-0.1, -0.05) is 18.2 Å². The van der Waals surface area contributed by atoms with Crippen LogP contribution in [-0.4, -0.2) is 30.8 Å². The average molecular weight is 349 g/mol. The number of para-hydroxylation sites is 1. The van der Waals surface area contributed by atoms with Crippen LogP contribution in [0.25, 0.3) is 5.95 Å². The molecule has 2 amide bonds. The predicted molar refractivity (Wildman–Crippen MR) is 95.9 cm³/mol. The van der Waals surface area contributed by atoms with Gasteiger partial charge in [0.2, 0.25) is 0 Å². The molecule has 1 fully saturated rings. The van der Waals surface area contributed by atoms with Gasteiger partial charge in [0.15, 0.2) is 5.82 Å². The number of anilines is 1. The minimum Gasteiger partial charge on any atom is -0.328 e. The van der Waals surface area contributed by atoms with E-state index in [-0.39, 0.29) is 12.1 Å². The molecule has 1 aliphatic carbocycles. The molecule has 0 saturated heterocycles. The normalized spacial score (nSPS) is 14.7. The van der Waals surface area contributed by atoms with Gasteiger partial charge >= 0.3 is 6.03 Å². The fourth-order valence-electron chi connectivity index (χ4n) is 2.88. The molecule has 0 unspecified atom stereocenters. The van der Waals surface area contributed by atoms with Crippen LogP contribution in [0.15, 0.2) is 49.1 Å². The zero-order valence-corrected chi connectivity index (χ0v) is 14.3. The van der Waals surface area contributed by atoms with Gasteiger partial charge in [0.25, 0.3) is 5.95 Å². The number of aromatic nitrogens is 5. The number of nitrogens with zero attached hydrogens (tertiary/aromatic N) is 5. The van der Waals surface area contributed by atoms with E-state index in [9.17, 15) is 4.79 Å². The highest BCUT2D eigenvalue weighted by molar-refractivity contribution is 5.90. The van der Waals surface area contributed by atoms with Gasteiger partial charge in [-0.25, -0.2) is 19.7 Å². The minimum absolute atomic E-state index is 0.283. The lowest BCUT2D eigenvalue weighted by molar-refractivity contribution is 0.248. The SMILES string of the molecule is C[C@H](NC(=O)Nc1ccccc1C1CC1)c1ncnn1-c1ncccn1. The zero-order chi connectivity index (χ0) is 17.9. The molecule has 1 aliphatic rings. The van der Waals surface area contributed by atoms with Crippen molar-refractivity contribution in [2.45, 2.75) is 31.7 Å². The predicted octanol–water partition coefficient (Wildman–Crippen LogP) is 2.82. The number of benzene rings is 1. The molecule has 3 aromatic rings. The summed E-state index contributed by atoms with van der Waals surface area (Å²) in [5, 5.41) is 10.00. The number of amides is 2. The highest BCUT2D eigenvalue weighted by Crippen LogP contribution is 2.43. The molecular formula is C18H19N7O. The van der Waals surface area contributed by atoms with Gasteiger partial charge in [0, 0.05) is 18.1 Å². The summed E-state index contributed by atoms with van der Waals surface area (Å²) in [6.45, 7) is 1.84. The number of hydrogen-bond donors (Lipinski definition) is 2. The molecule has 0 aliphatic heterocycles. The Hall–Kier alpha value is -3.29. The standard InChI is InChI=1S/C18H19N7O/c1-12(16-21-11-22-25(16)17-19-9-4-10-20-17)23-18(26)24-15-6-3-2-5-14(15)13-7-8-13/h2-6,9-13H,7-8H2,1H3,(H2,23,24,26)/t12-/m0/s1. The van der Waals surface area contributed by atoms with E-state index >= 15 is 0 Å². The molecule has 1 atom stereocenters. The fraction of sp³-hybridized carbons (Fsp3) is 0.278. The molecular weight excluding hydrogens is 330 g/mol. The summed E-state index contributed by atoms with van der Waals surface area (Å²) in [4.78, 5) is 25.0. The van der Waals surface area contributed by atoms with Crippen molar-refractivity contribution in [3.63, 3.8) is 0 Å². The van der Waals surface area contributed by atoms with Gasteiger partial charge in [-0.3, -0.25) is 0 Å². The van der Waals surface area contributed by atoms with Crippen molar-refractivity contribution < 1.29 is 4.79 Å². The molecule has 132 valence electrons. The second-order valence-electron chi connectivity index (χ2n) is 6.26. The topological polar surface area (TPSA) is 97.6 Å². The number of carbonyl (C=O) groups excluding carboxylic acids is 1. The number of hydrogen-bond acceptors (Lipinski definition) is 5. The molecule has 1 saturated carbocycles. The maximum Gasteiger partial charge on any atom is 0.319 e. The molecule has 26 heavy (non-hydrogen) atoms. The van der Waals surface area contributed by atoms with Crippen LogP contribution in [0.4, 0.5) is 10.5 Å². The van der Waals surface area contributed by atoms with E-state index in [0.717, 1.165) is 5.69 Å². The quantitative estimate of drug-likeness (QED) is 0.738. The van der Waals surface area contributed by atoms with Crippen molar-refractivity contribution in [1.82, 2.24) is 30.0 Å². The van der Waals surface area contributed by atoms with Gasteiger partial charge in [-0.05, 0) is 43.4 Å². The number of urea groups is 1. The summed E-state index contributed by atoms with van der Waals surface area (Å²) in [6, 6.07) is 9.00. The minimum atomic E-state index is -0.366. The maximum atomic E-state index is 12.5. The van der Waals surface area contributed by atoms with Crippen LogP contribution in [0.5, 0.6) is 0 Å². The van der Waals surface area contributed by atoms with Crippen molar-refractivity contribution in [3.05, 3.63) is 60.4 Å². The maximum absolute atomic E-state index is 12.5. The summed E-state index contributed by atoms with van der Waals surface area (Å²) in [7, 11) is 0. The van der Waals surface area contributed by atoms with Crippen molar-refractivity contribution in [2.24, 2.45) is 0 Å². The van der Waals surface area contributed by atoms with E-state index in [1.54, 1.807) is 18.5 Å². The van der Waals surface area contributed by atoms with E-state index in [4.69, 9.17) is 0 Å². The number of rotatable bonds is 5. The fourth-order valence-corrected chi connectivity index (χ4v) is 2.88. The zero-order valence-electron chi connectivity index (χ0n) is 14.3. The van der Waals surface area contributed by atoms with Gasteiger partial charge in [0.05, 0.1) is 6.04 Å². The molecule has 4 rings (SSSR count). The van der Waals surface area contributed by atoms with Crippen LogP contribution < -0.4 is 10.6 Å². The van der Waals surface area contributed by atoms with Gasteiger partial charge in [0.1, 0.15) is 6.33 Å². The largest absolute Gasteiger partial charge is 0.328 e. The van der Waals surface area contributed by atoms with Crippen molar-refractivity contribution in [3.8, 4) is 5.95 Å². The molecule has 0 spiro atoms. The van der Waals surface area contributed by atoms with Gasteiger partial charge in [-0.15, -0.1) is 0 Å². The van der Waals surface area contributed by atoms with Crippen LogP contribution in [0.2, 0.25) is 0 Å². The molecule has 0 radical (unpaired) electrons. The molecule has 2 N–H and O–H groups in total. The molecule has 2 heterocycles. The second-order valence-corrected chi connectivity index (χ2v) is 6.26. The van der Waals surface area contributed by atoms with E-state index in [2.05, 4.69) is 36.8 Å². The van der Waals surface area contributed by atoms with Crippen molar-refractivity contribution >= 4 is 11.7 Å². The van der Waals surface area contributed by atoms with E-state index in [1.807, 2.05) is 25.1 Å². The van der Waals surface area contributed by atoms with Gasteiger partial charge in [-0.2, -0.15) is 9.78 Å². The Balaban J connectivity index is 1.47. The number of nitrogens with one attached hydrogen (secondary N) is 2. The molecule has 1 aromatic carbocycles. The Bertz CT molecular complexity index is 905. The summed E-state index contributed by atoms with van der Waals surface area (Å²) < 4.78 is 1.52. The van der Waals surface area contributed by atoms with E-state index in [1.165, 1.54) is 29.4 Å². The third-order valence-corrected chi connectivity index (χ3v) is 4.28. The molecule has 8 nitrogen and oxygen atoms in total. The van der Waals surface area contributed by atoms with Crippen LogP contribution in [0, 0.1) is 0 Å². The van der Waals surface area contributed by atoms with Crippen LogP contribution in [-0.2, 0) is 0 Å². The first-order valence-electron chi connectivity index (χ1n) is 8.56. The lowest BCUT2D eigenvalue weighted by atomic mass is 10.1. The monoisotopic (exact) mass is 349 g/mol. The van der Waals surface area contributed by atoms with Crippen LogP contribution in [0.1, 0.15) is 43.1 Å².